The first-order valence-electron chi connectivity index (χ1n) is 8.13. The zero-order chi connectivity index (χ0) is 15.5. The molecular weight excluding hydrogens is 268 g/mol. The van der Waals surface area contributed by atoms with Crippen LogP contribution in [0.25, 0.3) is 0 Å². The highest BCUT2D eigenvalue weighted by Crippen LogP contribution is 2.31. The minimum Gasteiger partial charge on any atom is -0.458 e. The second-order valence-corrected chi connectivity index (χ2v) is 7.27. The number of amides is 2. The molecule has 1 saturated carbocycles. The van der Waals surface area contributed by atoms with E-state index in [0.717, 1.165) is 45.2 Å². The third-order valence-corrected chi connectivity index (χ3v) is 4.24. The monoisotopic (exact) mass is 296 g/mol. The highest BCUT2D eigenvalue weighted by molar-refractivity contribution is 5.87. The van der Waals surface area contributed by atoms with Gasteiger partial charge >= 0.3 is 12.0 Å². The lowest BCUT2D eigenvalue weighted by molar-refractivity contribution is -0.164. The maximum Gasteiger partial charge on any atom is 0.332 e. The summed E-state index contributed by atoms with van der Waals surface area (Å²) in [5, 5.41) is 3.01. The van der Waals surface area contributed by atoms with Crippen molar-refractivity contribution in [2.75, 3.05) is 13.1 Å². The zero-order valence-corrected chi connectivity index (χ0v) is 13.5. The van der Waals surface area contributed by atoms with Gasteiger partial charge in [-0.25, -0.2) is 9.59 Å². The molecule has 5 nitrogen and oxygen atoms in total. The number of hydrogen-bond acceptors (Lipinski definition) is 3. The Morgan fingerprint density at radius 3 is 2.10 bits per heavy atom. The lowest BCUT2D eigenvalue weighted by atomic mass is 9.81. The molecule has 0 aromatic rings. The van der Waals surface area contributed by atoms with E-state index in [1.165, 1.54) is 0 Å². The van der Waals surface area contributed by atoms with Crippen molar-refractivity contribution in [3.8, 4) is 0 Å². The maximum atomic E-state index is 12.6. The highest BCUT2D eigenvalue weighted by Gasteiger charge is 2.44. The molecular formula is C16H28N2O3. The van der Waals surface area contributed by atoms with Gasteiger partial charge in [0.25, 0.3) is 0 Å². The number of nitrogens with one attached hydrogen (secondary N) is 1. The van der Waals surface area contributed by atoms with Gasteiger partial charge < -0.3 is 15.0 Å². The topological polar surface area (TPSA) is 58.6 Å². The molecule has 0 aromatic carbocycles. The average Bonchev–Trinajstić information content (AvgIpc) is 2.91. The van der Waals surface area contributed by atoms with E-state index in [1.807, 2.05) is 20.8 Å². The van der Waals surface area contributed by atoms with E-state index in [-0.39, 0.29) is 12.0 Å². The standard InChI is InChI=1S/C16H28N2O3/c1-15(2,3)21-13(19)16(9-5-4-6-10-16)17-14(20)18-11-7-8-12-18/h4-12H2,1-3H3,(H,17,20). The van der Waals surface area contributed by atoms with Crippen molar-refractivity contribution in [1.29, 1.82) is 0 Å². The Kier molecular flexibility index (Phi) is 4.79. The Morgan fingerprint density at radius 2 is 1.57 bits per heavy atom. The first kappa shape index (κ1) is 16.1. The van der Waals surface area contributed by atoms with E-state index < -0.39 is 11.1 Å². The molecule has 0 spiro atoms. The normalized spacial score (nSPS) is 22.0. The third-order valence-electron chi connectivity index (χ3n) is 4.24. The lowest BCUT2D eigenvalue weighted by Crippen LogP contribution is -2.59. The van der Waals surface area contributed by atoms with Crippen LogP contribution in [0.5, 0.6) is 0 Å². The van der Waals surface area contributed by atoms with E-state index >= 15 is 0 Å². The molecule has 0 radical (unpaired) electrons. The number of carbonyl (C=O) groups excluding carboxylic acids is 2. The Hall–Kier alpha value is -1.26. The quantitative estimate of drug-likeness (QED) is 0.797. The second kappa shape index (κ2) is 6.24. The van der Waals surface area contributed by atoms with Crippen molar-refractivity contribution in [2.45, 2.75) is 76.9 Å². The summed E-state index contributed by atoms with van der Waals surface area (Å²) in [7, 11) is 0. The van der Waals surface area contributed by atoms with Crippen LogP contribution in [0.3, 0.4) is 0 Å². The van der Waals surface area contributed by atoms with Crippen LogP contribution < -0.4 is 5.32 Å². The van der Waals surface area contributed by atoms with Gasteiger partial charge in [-0.05, 0) is 46.5 Å². The molecule has 1 aliphatic carbocycles. The number of likely N-dealkylation sites (tertiary alicyclic amines) is 1. The zero-order valence-electron chi connectivity index (χ0n) is 13.5. The van der Waals surface area contributed by atoms with Gasteiger partial charge in [0.15, 0.2) is 0 Å². The third kappa shape index (κ3) is 4.11. The molecule has 2 amide bonds. The summed E-state index contributed by atoms with van der Waals surface area (Å²) in [6.45, 7) is 7.17. The molecule has 1 saturated heterocycles. The van der Waals surface area contributed by atoms with E-state index in [2.05, 4.69) is 5.32 Å². The van der Waals surface area contributed by atoms with Crippen molar-refractivity contribution in [1.82, 2.24) is 10.2 Å². The van der Waals surface area contributed by atoms with Crippen LogP contribution in [0.15, 0.2) is 0 Å². The highest BCUT2D eigenvalue weighted by atomic mass is 16.6. The number of ether oxygens (including phenoxy) is 1. The molecule has 120 valence electrons. The predicted molar refractivity (Wildman–Crippen MR) is 81.0 cm³/mol. The fourth-order valence-electron chi connectivity index (χ4n) is 3.12. The fourth-order valence-corrected chi connectivity index (χ4v) is 3.12. The van der Waals surface area contributed by atoms with Gasteiger partial charge in [0.2, 0.25) is 0 Å². The molecule has 2 fully saturated rings. The molecule has 2 aliphatic rings. The number of rotatable bonds is 2. The molecule has 2 rings (SSSR count). The minimum atomic E-state index is -0.828. The van der Waals surface area contributed by atoms with Crippen LogP contribution in [0.2, 0.25) is 0 Å². The summed E-state index contributed by atoms with van der Waals surface area (Å²) >= 11 is 0. The fraction of sp³-hybridized carbons (Fsp3) is 0.875. The molecule has 1 N–H and O–H groups in total. The number of carbonyl (C=O) groups is 2. The Morgan fingerprint density at radius 1 is 1.00 bits per heavy atom. The number of hydrogen-bond donors (Lipinski definition) is 1. The summed E-state index contributed by atoms with van der Waals surface area (Å²) in [6.07, 6.45) is 6.49. The van der Waals surface area contributed by atoms with E-state index in [0.29, 0.717) is 12.8 Å². The summed E-state index contributed by atoms with van der Waals surface area (Å²) in [5.74, 6) is -0.276. The number of esters is 1. The second-order valence-electron chi connectivity index (χ2n) is 7.27. The lowest BCUT2D eigenvalue weighted by Gasteiger charge is -2.38. The SMILES string of the molecule is CC(C)(C)OC(=O)C1(NC(=O)N2CCCC2)CCCCC1. The Balaban J connectivity index is 2.08. The molecule has 1 aliphatic heterocycles. The van der Waals surface area contributed by atoms with E-state index in [9.17, 15) is 9.59 Å². The summed E-state index contributed by atoms with van der Waals surface area (Å²) in [5.41, 5.74) is -1.36. The number of urea groups is 1. The van der Waals surface area contributed by atoms with Gasteiger partial charge in [-0.2, -0.15) is 0 Å². The van der Waals surface area contributed by atoms with E-state index in [4.69, 9.17) is 4.74 Å². The molecule has 0 aromatic heterocycles. The van der Waals surface area contributed by atoms with Crippen molar-refractivity contribution in [3.63, 3.8) is 0 Å². The maximum absolute atomic E-state index is 12.6. The van der Waals surface area contributed by atoms with Crippen LogP contribution in [0.4, 0.5) is 4.79 Å². The number of nitrogens with zero attached hydrogens (tertiary/aromatic N) is 1. The summed E-state index contributed by atoms with van der Waals surface area (Å²) in [4.78, 5) is 26.8. The first-order valence-corrected chi connectivity index (χ1v) is 8.13. The summed E-state index contributed by atoms with van der Waals surface area (Å²) in [6, 6.07) is -0.111. The van der Waals surface area contributed by atoms with Crippen LogP contribution in [0.1, 0.15) is 65.7 Å². The van der Waals surface area contributed by atoms with Crippen LogP contribution in [-0.2, 0) is 9.53 Å². The average molecular weight is 296 g/mol. The van der Waals surface area contributed by atoms with Gasteiger partial charge in [-0.1, -0.05) is 19.3 Å². The molecule has 21 heavy (non-hydrogen) atoms. The largest absolute Gasteiger partial charge is 0.458 e. The molecule has 0 bridgehead atoms. The first-order chi connectivity index (χ1) is 9.82. The van der Waals surface area contributed by atoms with Crippen LogP contribution in [0, 0.1) is 0 Å². The van der Waals surface area contributed by atoms with Crippen LogP contribution >= 0.6 is 0 Å². The Labute approximate surface area is 127 Å². The Bertz CT molecular complexity index is 389. The van der Waals surface area contributed by atoms with E-state index in [1.54, 1.807) is 4.90 Å². The predicted octanol–water partition coefficient (Wildman–Crippen LogP) is 2.84. The van der Waals surface area contributed by atoms with Gasteiger partial charge in [0, 0.05) is 13.1 Å². The van der Waals surface area contributed by atoms with Crippen molar-refractivity contribution in [2.24, 2.45) is 0 Å². The van der Waals surface area contributed by atoms with Crippen LogP contribution in [-0.4, -0.2) is 41.1 Å². The molecule has 0 unspecified atom stereocenters. The van der Waals surface area contributed by atoms with Gasteiger partial charge in [0.1, 0.15) is 11.1 Å². The van der Waals surface area contributed by atoms with Gasteiger partial charge in [0.05, 0.1) is 0 Å². The molecule has 0 atom stereocenters. The smallest absolute Gasteiger partial charge is 0.332 e. The molecule has 5 heteroatoms. The minimum absolute atomic E-state index is 0.111. The van der Waals surface area contributed by atoms with Crippen molar-refractivity contribution < 1.29 is 14.3 Å². The van der Waals surface area contributed by atoms with Crippen molar-refractivity contribution >= 4 is 12.0 Å². The van der Waals surface area contributed by atoms with Crippen molar-refractivity contribution in [3.05, 3.63) is 0 Å². The van der Waals surface area contributed by atoms with Gasteiger partial charge in [-0.15, -0.1) is 0 Å². The summed E-state index contributed by atoms with van der Waals surface area (Å²) < 4.78 is 5.57. The molecule has 1 heterocycles. The van der Waals surface area contributed by atoms with Gasteiger partial charge in [-0.3, -0.25) is 0 Å².